The zero-order valence-corrected chi connectivity index (χ0v) is 6.03. The third kappa shape index (κ3) is 2.35. The molecule has 1 nitrogen and oxygen atoms in total. The summed E-state index contributed by atoms with van der Waals surface area (Å²) in [4.78, 5) is 0. The molecule has 1 heteroatoms. The highest BCUT2D eigenvalue weighted by Gasteiger charge is 2.08. The smallest absolute Gasteiger partial charge is 0.00794 e. The highest BCUT2D eigenvalue weighted by molar-refractivity contribution is 4.69. The van der Waals surface area contributed by atoms with Gasteiger partial charge in [0.25, 0.3) is 0 Å². The Labute approximate surface area is 57.8 Å². The molecule has 0 spiro atoms. The van der Waals surface area contributed by atoms with Crippen LogP contribution in [0.2, 0.25) is 0 Å². The van der Waals surface area contributed by atoms with Gasteiger partial charge >= 0.3 is 0 Å². The summed E-state index contributed by atoms with van der Waals surface area (Å²) < 4.78 is 0. The molecule has 9 heavy (non-hydrogen) atoms. The van der Waals surface area contributed by atoms with Gasteiger partial charge in [0.1, 0.15) is 0 Å². The van der Waals surface area contributed by atoms with Gasteiger partial charge in [0.15, 0.2) is 0 Å². The Balaban J connectivity index is 2.18. The SMILES string of the molecule is [CH2]NC1CCCCCC1. The van der Waals surface area contributed by atoms with E-state index < -0.39 is 0 Å². The first kappa shape index (κ1) is 7.07. The van der Waals surface area contributed by atoms with Crippen LogP contribution in [0.4, 0.5) is 0 Å². The highest BCUT2D eigenvalue weighted by Crippen LogP contribution is 2.16. The van der Waals surface area contributed by atoms with Crippen LogP contribution in [0.1, 0.15) is 38.5 Å². The molecule has 0 aromatic carbocycles. The second kappa shape index (κ2) is 3.89. The molecule has 53 valence electrons. The molecule has 1 aliphatic carbocycles. The highest BCUT2D eigenvalue weighted by atomic mass is 14.9. The van der Waals surface area contributed by atoms with Crippen LogP contribution >= 0.6 is 0 Å². The minimum absolute atomic E-state index is 0.715. The molecular formula is C8H16N. The minimum Gasteiger partial charge on any atom is -0.313 e. The van der Waals surface area contributed by atoms with Crippen LogP contribution in [0.15, 0.2) is 0 Å². The largest absolute Gasteiger partial charge is 0.313 e. The lowest BCUT2D eigenvalue weighted by molar-refractivity contribution is 0.515. The van der Waals surface area contributed by atoms with Gasteiger partial charge in [-0.3, -0.25) is 0 Å². The molecule has 1 fully saturated rings. The van der Waals surface area contributed by atoms with Crippen molar-refractivity contribution in [2.45, 2.75) is 44.6 Å². The molecule has 0 atom stereocenters. The first-order chi connectivity index (χ1) is 4.43. The van der Waals surface area contributed by atoms with Crippen molar-refractivity contribution in [1.29, 1.82) is 0 Å². The molecule has 1 N–H and O–H groups in total. The minimum atomic E-state index is 0.715. The number of hydrogen-bond donors (Lipinski definition) is 1. The summed E-state index contributed by atoms with van der Waals surface area (Å²) in [5.74, 6) is 0. The maximum Gasteiger partial charge on any atom is 0.00794 e. The van der Waals surface area contributed by atoms with E-state index in [-0.39, 0.29) is 0 Å². The second-order valence-corrected chi connectivity index (χ2v) is 2.89. The zero-order valence-electron chi connectivity index (χ0n) is 6.03. The Morgan fingerprint density at radius 3 is 2.00 bits per heavy atom. The van der Waals surface area contributed by atoms with Crippen molar-refractivity contribution in [2.24, 2.45) is 0 Å². The first-order valence-electron chi connectivity index (χ1n) is 3.96. The second-order valence-electron chi connectivity index (χ2n) is 2.89. The summed E-state index contributed by atoms with van der Waals surface area (Å²) in [5.41, 5.74) is 0. The van der Waals surface area contributed by atoms with E-state index in [1.165, 1.54) is 38.5 Å². The number of rotatable bonds is 1. The third-order valence-corrected chi connectivity index (χ3v) is 2.14. The van der Waals surface area contributed by atoms with Crippen LogP contribution in [0.5, 0.6) is 0 Å². The standard InChI is InChI=1S/C8H16N/c1-9-8-6-4-2-3-5-7-8/h8-9H,1-7H2. The van der Waals surface area contributed by atoms with Crippen molar-refractivity contribution in [1.82, 2.24) is 5.32 Å². The van der Waals surface area contributed by atoms with E-state index in [0.29, 0.717) is 6.04 Å². The normalized spacial score (nSPS) is 23.7. The van der Waals surface area contributed by atoms with Gasteiger partial charge in [-0.05, 0) is 12.8 Å². The van der Waals surface area contributed by atoms with E-state index in [1.807, 2.05) is 0 Å². The van der Waals surface area contributed by atoms with E-state index in [0.717, 1.165) is 0 Å². The molecule has 0 heterocycles. The van der Waals surface area contributed by atoms with Gasteiger partial charge in [-0.1, -0.05) is 25.7 Å². The predicted octanol–water partition coefficient (Wildman–Crippen LogP) is 2.09. The average Bonchev–Trinajstić information content (AvgIpc) is 2.13. The summed E-state index contributed by atoms with van der Waals surface area (Å²) in [6, 6.07) is 0.715. The van der Waals surface area contributed by atoms with Crippen LogP contribution in [-0.2, 0) is 0 Å². The quantitative estimate of drug-likeness (QED) is 0.530. The van der Waals surface area contributed by atoms with Gasteiger partial charge < -0.3 is 5.32 Å². The molecule has 0 saturated heterocycles. The van der Waals surface area contributed by atoms with Gasteiger partial charge in [0.2, 0.25) is 0 Å². The number of hydrogen-bond acceptors (Lipinski definition) is 1. The predicted molar refractivity (Wildman–Crippen MR) is 40.0 cm³/mol. The Hall–Kier alpha value is -0.0400. The fourth-order valence-electron chi connectivity index (χ4n) is 1.48. The summed E-state index contributed by atoms with van der Waals surface area (Å²) in [6.45, 7) is 0. The van der Waals surface area contributed by atoms with Gasteiger partial charge in [0, 0.05) is 13.1 Å². The lowest BCUT2D eigenvalue weighted by Gasteiger charge is -2.10. The Morgan fingerprint density at radius 2 is 1.56 bits per heavy atom. The molecule has 0 unspecified atom stereocenters. The summed E-state index contributed by atoms with van der Waals surface area (Å²) in [6.07, 6.45) is 8.32. The van der Waals surface area contributed by atoms with E-state index in [2.05, 4.69) is 12.4 Å². The van der Waals surface area contributed by atoms with Crippen LogP contribution < -0.4 is 5.32 Å². The van der Waals surface area contributed by atoms with Crippen molar-refractivity contribution in [2.75, 3.05) is 0 Å². The molecule has 1 radical (unpaired) electrons. The Bertz CT molecular complexity index is 63.0. The van der Waals surface area contributed by atoms with Crippen LogP contribution in [0.3, 0.4) is 0 Å². The van der Waals surface area contributed by atoms with Crippen molar-refractivity contribution < 1.29 is 0 Å². The van der Waals surface area contributed by atoms with E-state index in [4.69, 9.17) is 0 Å². The van der Waals surface area contributed by atoms with Gasteiger partial charge in [-0.15, -0.1) is 0 Å². The topological polar surface area (TPSA) is 12.0 Å². The van der Waals surface area contributed by atoms with Crippen LogP contribution in [-0.4, -0.2) is 6.04 Å². The van der Waals surface area contributed by atoms with Gasteiger partial charge in [0.05, 0.1) is 0 Å². The summed E-state index contributed by atoms with van der Waals surface area (Å²) in [7, 11) is 3.70. The zero-order chi connectivity index (χ0) is 6.53. The Kier molecular flexibility index (Phi) is 3.05. The molecule has 1 saturated carbocycles. The fraction of sp³-hybridized carbons (Fsp3) is 0.875. The Morgan fingerprint density at radius 1 is 1.00 bits per heavy atom. The third-order valence-electron chi connectivity index (χ3n) is 2.14. The maximum absolute atomic E-state index is 3.70. The maximum atomic E-state index is 3.70. The molecule has 0 amide bonds. The van der Waals surface area contributed by atoms with E-state index in [1.54, 1.807) is 0 Å². The van der Waals surface area contributed by atoms with Crippen molar-refractivity contribution >= 4 is 0 Å². The molecule has 1 aliphatic rings. The van der Waals surface area contributed by atoms with Crippen molar-refractivity contribution in [3.63, 3.8) is 0 Å². The average molecular weight is 126 g/mol. The summed E-state index contributed by atoms with van der Waals surface area (Å²) in [5, 5.41) is 3.09. The lowest BCUT2D eigenvalue weighted by atomic mass is 10.1. The number of nitrogens with one attached hydrogen (secondary N) is 1. The van der Waals surface area contributed by atoms with Gasteiger partial charge in [-0.25, -0.2) is 0 Å². The van der Waals surface area contributed by atoms with Crippen LogP contribution in [0.25, 0.3) is 0 Å². The lowest BCUT2D eigenvalue weighted by Crippen LogP contribution is -2.21. The molecule has 0 aromatic rings. The molecular weight excluding hydrogens is 110 g/mol. The van der Waals surface area contributed by atoms with E-state index in [9.17, 15) is 0 Å². The summed E-state index contributed by atoms with van der Waals surface area (Å²) >= 11 is 0. The molecule has 0 aliphatic heterocycles. The van der Waals surface area contributed by atoms with Gasteiger partial charge in [-0.2, -0.15) is 0 Å². The molecule has 1 rings (SSSR count). The van der Waals surface area contributed by atoms with Crippen molar-refractivity contribution in [3.8, 4) is 0 Å². The van der Waals surface area contributed by atoms with Crippen molar-refractivity contribution in [3.05, 3.63) is 7.05 Å². The molecule has 0 bridgehead atoms. The first-order valence-corrected chi connectivity index (χ1v) is 3.96. The van der Waals surface area contributed by atoms with E-state index >= 15 is 0 Å². The monoisotopic (exact) mass is 126 g/mol. The van der Waals surface area contributed by atoms with Crippen LogP contribution in [0, 0.1) is 7.05 Å². The molecule has 0 aromatic heterocycles. The fourth-order valence-corrected chi connectivity index (χ4v) is 1.48.